The zero-order valence-electron chi connectivity index (χ0n) is 13.4. The number of carbonyl (C=O) groups is 2. The Hall–Kier alpha value is -2.08. The van der Waals surface area contributed by atoms with Gasteiger partial charge in [-0.1, -0.05) is 0 Å². The zero-order chi connectivity index (χ0) is 16.4. The molecule has 0 saturated carbocycles. The summed E-state index contributed by atoms with van der Waals surface area (Å²) in [7, 11) is 1.94. The average molecular weight is 331 g/mol. The average Bonchev–Trinajstić information content (AvgIpc) is 3.19. The molecule has 122 valence electrons. The van der Waals surface area contributed by atoms with E-state index in [0.717, 1.165) is 24.1 Å². The van der Waals surface area contributed by atoms with Crippen molar-refractivity contribution in [3.63, 3.8) is 0 Å². The lowest BCUT2D eigenvalue weighted by Gasteiger charge is -2.32. The van der Waals surface area contributed by atoms with E-state index in [9.17, 15) is 9.59 Å². The van der Waals surface area contributed by atoms with E-state index in [1.54, 1.807) is 0 Å². The van der Waals surface area contributed by atoms with Gasteiger partial charge in [-0.2, -0.15) is 11.3 Å². The standard InChI is InChI=1S/C17H21N3O2S/c1-12-15(5-7-19(12)2)17(22)20-8-3-14(4-9-20)18-16(21)13-6-10-23-11-13/h5-7,10-11,14H,3-4,8-9H2,1-2H3,(H,18,21). The normalized spacial score (nSPS) is 15.7. The van der Waals surface area contributed by atoms with Crippen molar-refractivity contribution in [1.29, 1.82) is 0 Å². The number of amides is 2. The smallest absolute Gasteiger partial charge is 0.255 e. The summed E-state index contributed by atoms with van der Waals surface area (Å²) >= 11 is 1.52. The summed E-state index contributed by atoms with van der Waals surface area (Å²) < 4.78 is 1.96. The number of aryl methyl sites for hydroxylation is 1. The molecule has 3 heterocycles. The Morgan fingerprint density at radius 1 is 1.26 bits per heavy atom. The minimum absolute atomic E-state index is 0.0186. The highest BCUT2D eigenvalue weighted by molar-refractivity contribution is 7.08. The molecule has 3 rings (SSSR count). The predicted octanol–water partition coefficient (Wildman–Crippen LogP) is 2.43. The molecule has 0 aromatic carbocycles. The second-order valence-electron chi connectivity index (χ2n) is 5.98. The van der Waals surface area contributed by atoms with Crippen molar-refractivity contribution < 1.29 is 9.59 Å². The number of likely N-dealkylation sites (tertiary alicyclic amines) is 1. The molecule has 0 radical (unpaired) electrons. The van der Waals surface area contributed by atoms with Crippen molar-refractivity contribution in [2.24, 2.45) is 7.05 Å². The number of rotatable bonds is 3. The van der Waals surface area contributed by atoms with E-state index in [0.29, 0.717) is 18.7 Å². The van der Waals surface area contributed by atoms with Crippen LogP contribution in [0.3, 0.4) is 0 Å². The first-order valence-corrected chi connectivity index (χ1v) is 8.75. The topological polar surface area (TPSA) is 54.3 Å². The number of carbonyl (C=O) groups excluding carboxylic acids is 2. The lowest BCUT2D eigenvalue weighted by atomic mass is 10.0. The Morgan fingerprint density at radius 3 is 2.57 bits per heavy atom. The van der Waals surface area contributed by atoms with Gasteiger partial charge in [-0.3, -0.25) is 9.59 Å². The molecule has 1 saturated heterocycles. The van der Waals surface area contributed by atoms with Crippen LogP contribution in [0.25, 0.3) is 0 Å². The van der Waals surface area contributed by atoms with Crippen molar-refractivity contribution in [2.75, 3.05) is 13.1 Å². The van der Waals surface area contributed by atoms with E-state index < -0.39 is 0 Å². The summed E-state index contributed by atoms with van der Waals surface area (Å²) in [5.74, 6) is 0.0700. The molecular formula is C17H21N3O2S. The molecule has 6 heteroatoms. The van der Waals surface area contributed by atoms with Gasteiger partial charge in [0, 0.05) is 49.0 Å². The second-order valence-corrected chi connectivity index (χ2v) is 6.76. The summed E-state index contributed by atoms with van der Waals surface area (Å²) in [4.78, 5) is 26.5. The number of thiophene rings is 1. The van der Waals surface area contributed by atoms with Crippen LogP contribution in [-0.2, 0) is 7.05 Å². The Morgan fingerprint density at radius 2 is 2.00 bits per heavy atom. The van der Waals surface area contributed by atoms with Gasteiger partial charge in [0.05, 0.1) is 5.56 Å². The fraction of sp³-hybridized carbons (Fsp3) is 0.412. The summed E-state index contributed by atoms with van der Waals surface area (Å²) in [5, 5.41) is 6.82. The number of hydrogen-bond donors (Lipinski definition) is 1. The van der Waals surface area contributed by atoms with Crippen molar-refractivity contribution in [3.8, 4) is 0 Å². The van der Waals surface area contributed by atoms with E-state index in [1.807, 2.05) is 52.5 Å². The Kier molecular flexibility index (Phi) is 4.52. The summed E-state index contributed by atoms with van der Waals surface area (Å²) in [6.45, 7) is 3.32. The van der Waals surface area contributed by atoms with Crippen molar-refractivity contribution in [3.05, 3.63) is 45.9 Å². The van der Waals surface area contributed by atoms with Crippen LogP contribution in [0.1, 0.15) is 39.3 Å². The first-order valence-electron chi connectivity index (χ1n) is 7.80. The molecule has 23 heavy (non-hydrogen) atoms. The molecule has 1 aliphatic heterocycles. The largest absolute Gasteiger partial charge is 0.354 e. The number of hydrogen-bond acceptors (Lipinski definition) is 3. The van der Waals surface area contributed by atoms with Crippen LogP contribution < -0.4 is 5.32 Å². The first-order chi connectivity index (χ1) is 11.1. The first kappa shape index (κ1) is 15.8. The molecule has 2 amide bonds. The van der Waals surface area contributed by atoms with Gasteiger partial charge in [-0.25, -0.2) is 0 Å². The van der Waals surface area contributed by atoms with Crippen LogP contribution in [0.5, 0.6) is 0 Å². The Bertz CT molecular complexity index is 698. The molecule has 5 nitrogen and oxygen atoms in total. The van der Waals surface area contributed by atoms with Gasteiger partial charge in [0.15, 0.2) is 0 Å². The fourth-order valence-electron chi connectivity index (χ4n) is 2.89. The van der Waals surface area contributed by atoms with Gasteiger partial charge >= 0.3 is 0 Å². The molecule has 0 atom stereocenters. The van der Waals surface area contributed by atoms with Gasteiger partial charge in [-0.15, -0.1) is 0 Å². The van der Waals surface area contributed by atoms with Crippen LogP contribution in [0, 0.1) is 6.92 Å². The number of nitrogens with zero attached hydrogens (tertiary/aromatic N) is 2. The maximum absolute atomic E-state index is 12.6. The predicted molar refractivity (Wildman–Crippen MR) is 90.9 cm³/mol. The van der Waals surface area contributed by atoms with Gasteiger partial charge < -0.3 is 14.8 Å². The SMILES string of the molecule is Cc1c(C(=O)N2CCC(NC(=O)c3ccsc3)CC2)ccn1C. The molecule has 2 aromatic rings. The summed E-state index contributed by atoms with van der Waals surface area (Å²) in [6, 6.07) is 3.85. The molecular weight excluding hydrogens is 310 g/mol. The molecule has 1 N–H and O–H groups in total. The summed E-state index contributed by atoms with van der Waals surface area (Å²) in [6.07, 6.45) is 3.51. The van der Waals surface area contributed by atoms with Crippen LogP contribution in [0.15, 0.2) is 29.1 Å². The quantitative estimate of drug-likeness (QED) is 0.939. The third-order valence-corrected chi connectivity index (χ3v) is 5.20. The third-order valence-electron chi connectivity index (χ3n) is 4.51. The van der Waals surface area contributed by atoms with Gasteiger partial charge in [0.1, 0.15) is 0 Å². The van der Waals surface area contributed by atoms with E-state index in [1.165, 1.54) is 11.3 Å². The lowest BCUT2D eigenvalue weighted by molar-refractivity contribution is 0.0697. The molecule has 0 aliphatic carbocycles. The highest BCUT2D eigenvalue weighted by Gasteiger charge is 2.26. The van der Waals surface area contributed by atoms with E-state index >= 15 is 0 Å². The minimum atomic E-state index is -0.0186. The maximum atomic E-state index is 12.6. The van der Waals surface area contributed by atoms with Crippen LogP contribution in [0.4, 0.5) is 0 Å². The van der Waals surface area contributed by atoms with Crippen molar-refractivity contribution in [1.82, 2.24) is 14.8 Å². The Labute approximate surface area is 139 Å². The zero-order valence-corrected chi connectivity index (χ0v) is 14.2. The number of aromatic nitrogens is 1. The lowest BCUT2D eigenvalue weighted by Crippen LogP contribution is -2.46. The molecule has 0 bridgehead atoms. The fourth-order valence-corrected chi connectivity index (χ4v) is 3.53. The van der Waals surface area contributed by atoms with Gasteiger partial charge in [0.25, 0.3) is 11.8 Å². The molecule has 1 fully saturated rings. The highest BCUT2D eigenvalue weighted by atomic mass is 32.1. The van der Waals surface area contributed by atoms with Crippen LogP contribution in [0.2, 0.25) is 0 Å². The molecule has 1 aliphatic rings. The molecule has 0 spiro atoms. The summed E-state index contributed by atoms with van der Waals surface area (Å²) in [5.41, 5.74) is 2.48. The van der Waals surface area contributed by atoms with Crippen molar-refractivity contribution >= 4 is 23.2 Å². The Balaban J connectivity index is 1.55. The third kappa shape index (κ3) is 3.32. The minimum Gasteiger partial charge on any atom is -0.354 e. The van der Waals surface area contributed by atoms with Crippen LogP contribution in [-0.4, -0.2) is 40.4 Å². The van der Waals surface area contributed by atoms with E-state index in [-0.39, 0.29) is 17.9 Å². The van der Waals surface area contributed by atoms with Gasteiger partial charge in [-0.05, 0) is 37.3 Å². The van der Waals surface area contributed by atoms with Gasteiger partial charge in [0.2, 0.25) is 0 Å². The second kappa shape index (κ2) is 6.58. The maximum Gasteiger partial charge on any atom is 0.255 e. The van der Waals surface area contributed by atoms with Crippen molar-refractivity contribution in [2.45, 2.75) is 25.8 Å². The van der Waals surface area contributed by atoms with E-state index in [4.69, 9.17) is 0 Å². The van der Waals surface area contributed by atoms with Crippen LogP contribution >= 0.6 is 11.3 Å². The van der Waals surface area contributed by atoms with E-state index in [2.05, 4.69) is 5.32 Å². The monoisotopic (exact) mass is 331 g/mol. The number of piperidine rings is 1. The molecule has 0 unspecified atom stereocenters. The number of nitrogens with one attached hydrogen (secondary N) is 1. The molecule has 2 aromatic heterocycles. The highest BCUT2D eigenvalue weighted by Crippen LogP contribution is 2.17.